The number of carbonyl (C=O) groups is 1. The minimum absolute atomic E-state index is 0.0691. The second-order valence-corrected chi connectivity index (χ2v) is 10.3. The molecule has 0 saturated carbocycles. The monoisotopic (exact) mass is 577 g/mol. The molecule has 1 aromatic heterocycles. The molecule has 1 amide bonds. The largest absolute Gasteiger partial charge is 0.318 e. The number of benzene rings is 2. The predicted molar refractivity (Wildman–Crippen MR) is 138 cm³/mol. The van der Waals surface area contributed by atoms with Crippen LogP contribution in [-0.2, 0) is 4.79 Å². The van der Waals surface area contributed by atoms with Crippen molar-refractivity contribution in [1.82, 2.24) is 9.47 Å². The molecule has 0 aliphatic carbocycles. The van der Waals surface area contributed by atoms with Crippen LogP contribution in [0.25, 0.3) is 11.8 Å². The number of carbonyl (C=O) groups excluding carboxylic acids is 1. The minimum Gasteiger partial charge on any atom is -0.318 e. The van der Waals surface area contributed by atoms with Crippen molar-refractivity contribution in [2.45, 2.75) is 13.8 Å². The maximum Gasteiger partial charge on any atom is 0.266 e. The van der Waals surface area contributed by atoms with Crippen LogP contribution in [0.4, 0.5) is 5.69 Å². The first kappa shape index (κ1) is 22.4. The number of amides is 1. The number of nitrogens with zero attached hydrogens (tertiary/aromatic N) is 3. The Hall–Kier alpha value is -1.80. The number of rotatable bonds is 3. The van der Waals surface area contributed by atoms with E-state index in [9.17, 15) is 4.79 Å². The first-order valence-corrected chi connectivity index (χ1v) is 12.2. The van der Waals surface area contributed by atoms with E-state index in [0.29, 0.717) is 20.8 Å². The molecule has 8 heteroatoms. The number of aryl methyl sites for hydroxylation is 1. The molecule has 0 N–H and O–H groups in total. The van der Waals surface area contributed by atoms with Crippen LogP contribution in [0.1, 0.15) is 17.0 Å². The number of hydrogen-bond acceptors (Lipinski definition) is 3. The van der Waals surface area contributed by atoms with Crippen LogP contribution >= 0.6 is 55.2 Å². The third kappa shape index (κ3) is 4.55. The SMILES string of the molecule is Cc1cc(/C=C2/SC(=Nc3ccc(Br)c(Cl)c3)N(C)C2=O)c(C)n1-c1ccc(Br)cc1. The van der Waals surface area contributed by atoms with Gasteiger partial charge < -0.3 is 4.57 Å². The van der Waals surface area contributed by atoms with Crippen molar-refractivity contribution < 1.29 is 4.79 Å². The van der Waals surface area contributed by atoms with Gasteiger partial charge in [0.25, 0.3) is 5.91 Å². The van der Waals surface area contributed by atoms with E-state index in [1.807, 2.05) is 30.3 Å². The van der Waals surface area contributed by atoms with E-state index >= 15 is 0 Å². The molecule has 0 bridgehead atoms. The Bertz CT molecular complexity index is 1250. The van der Waals surface area contributed by atoms with Gasteiger partial charge in [0.1, 0.15) is 0 Å². The lowest BCUT2D eigenvalue weighted by atomic mass is 10.2. The number of halogens is 3. The summed E-state index contributed by atoms with van der Waals surface area (Å²) in [4.78, 5) is 19.7. The lowest BCUT2D eigenvalue weighted by Crippen LogP contribution is -2.23. The number of likely N-dealkylation sites (N-methyl/N-ethyl adjacent to an activating group) is 1. The molecule has 1 fully saturated rings. The van der Waals surface area contributed by atoms with Crippen LogP contribution in [-0.4, -0.2) is 27.6 Å². The fourth-order valence-corrected chi connectivity index (χ4v) is 5.04. The molecule has 158 valence electrons. The van der Waals surface area contributed by atoms with E-state index in [0.717, 1.165) is 31.6 Å². The quantitative estimate of drug-likeness (QED) is 0.301. The van der Waals surface area contributed by atoms with Crippen LogP contribution in [0.3, 0.4) is 0 Å². The van der Waals surface area contributed by atoms with Crippen molar-refractivity contribution in [2.75, 3.05) is 7.05 Å². The van der Waals surface area contributed by atoms with Gasteiger partial charge in [0.2, 0.25) is 0 Å². The Morgan fingerprint density at radius 2 is 1.77 bits per heavy atom. The van der Waals surface area contributed by atoms with E-state index in [1.165, 1.54) is 11.8 Å². The molecule has 1 aliphatic heterocycles. The molecule has 0 atom stereocenters. The highest BCUT2D eigenvalue weighted by Crippen LogP contribution is 2.35. The fraction of sp³-hybridized carbons (Fsp3) is 0.130. The number of aliphatic imine (C=N–C) groups is 1. The van der Waals surface area contributed by atoms with Gasteiger partial charge in [0.15, 0.2) is 5.17 Å². The Balaban J connectivity index is 1.67. The second-order valence-electron chi connectivity index (χ2n) is 7.11. The predicted octanol–water partition coefficient (Wildman–Crippen LogP) is 7.51. The summed E-state index contributed by atoms with van der Waals surface area (Å²) in [5.41, 5.74) is 4.98. The summed E-state index contributed by atoms with van der Waals surface area (Å²) < 4.78 is 4.03. The molecule has 4 nitrogen and oxygen atoms in total. The Morgan fingerprint density at radius 3 is 2.45 bits per heavy atom. The van der Waals surface area contributed by atoms with Crippen molar-refractivity contribution in [2.24, 2.45) is 4.99 Å². The molecular formula is C23H18Br2ClN3OS. The molecule has 0 unspecified atom stereocenters. The van der Waals surface area contributed by atoms with Crippen LogP contribution in [0.15, 0.2) is 67.4 Å². The van der Waals surface area contributed by atoms with Crippen molar-refractivity contribution in [3.63, 3.8) is 0 Å². The minimum atomic E-state index is -0.0691. The van der Waals surface area contributed by atoms with Gasteiger partial charge in [-0.15, -0.1) is 0 Å². The molecule has 4 rings (SSSR count). The topological polar surface area (TPSA) is 37.6 Å². The van der Waals surface area contributed by atoms with E-state index in [-0.39, 0.29) is 5.91 Å². The number of hydrogen-bond donors (Lipinski definition) is 0. The molecule has 1 saturated heterocycles. The maximum atomic E-state index is 12.9. The van der Waals surface area contributed by atoms with Crippen LogP contribution in [0.5, 0.6) is 0 Å². The number of aromatic nitrogens is 1. The summed E-state index contributed by atoms with van der Waals surface area (Å²) in [7, 11) is 1.74. The molecule has 0 radical (unpaired) electrons. The van der Waals surface area contributed by atoms with Crippen molar-refractivity contribution in [3.8, 4) is 5.69 Å². The zero-order valence-electron chi connectivity index (χ0n) is 17.0. The second kappa shape index (κ2) is 8.98. The van der Waals surface area contributed by atoms with Crippen molar-refractivity contribution in [3.05, 3.63) is 84.4 Å². The highest BCUT2D eigenvalue weighted by Gasteiger charge is 2.30. The number of amidine groups is 1. The Kier molecular flexibility index (Phi) is 6.49. The average molecular weight is 580 g/mol. The van der Waals surface area contributed by atoms with E-state index in [1.54, 1.807) is 18.0 Å². The van der Waals surface area contributed by atoms with Gasteiger partial charge in [-0.05, 0) is 102 Å². The van der Waals surface area contributed by atoms with Crippen LogP contribution < -0.4 is 0 Å². The lowest BCUT2D eigenvalue weighted by Gasteiger charge is -2.09. The summed E-state index contributed by atoms with van der Waals surface area (Å²) in [5, 5.41) is 1.20. The summed E-state index contributed by atoms with van der Waals surface area (Å²) in [6.45, 7) is 4.13. The lowest BCUT2D eigenvalue weighted by molar-refractivity contribution is -0.121. The molecule has 2 aromatic carbocycles. The van der Waals surface area contributed by atoms with E-state index in [4.69, 9.17) is 11.6 Å². The summed E-state index contributed by atoms with van der Waals surface area (Å²) in [5.74, 6) is -0.0691. The molecule has 31 heavy (non-hydrogen) atoms. The van der Waals surface area contributed by atoms with Gasteiger partial charge >= 0.3 is 0 Å². The van der Waals surface area contributed by atoms with Gasteiger partial charge in [-0.3, -0.25) is 9.69 Å². The molecule has 2 heterocycles. The zero-order chi connectivity index (χ0) is 22.3. The third-order valence-electron chi connectivity index (χ3n) is 4.97. The summed E-state index contributed by atoms with van der Waals surface area (Å²) in [6, 6.07) is 15.7. The van der Waals surface area contributed by atoms with Crippen molar-refractivity contribution >= 4 is 78.1 Å². The normalized spacial score (nSPS) is 16.7. The fourth-order valence-electron chi connectivity index (χ4n) is 3.38. The smallest absolute Gasteiger partial charge is 0.266 e. The summed E-state index contributed by atoms with van der Waals surface area (Å²) in [6.07, 6.45) is 1.94. The molecule has 0 spiro atoms. The number of thioether (sulfide) groups is 1. The Morgan fingerprint density at radius 1 is 1.06 bits per heavy atom. The van der Waals surface area contributed by atoms with Gasteiger partial charge in [-0.1, -0.05) is 27.5 Å². The zero-order valence-corrected chi connectivity index (χ0v) is 21.7. The maximum absolute atomic E-state index is 12.9. The summed E-state index contributed by atoms with van der Waals surface area (Å²) >= 11 is 14.4. The van der Waals surface area contributed by atoms with Crippen LogP contribution in [0, 0.1) is 13.8 Å². The molecular weight excluding hydrogens is 562 g/mol. The van der Waals surface area contributed by atoms with Gasteiger partial charge in [-0.2, -0.15) is 0 Å². The van der Waals surface area contributed by atoms with E-state index < -0.39 is 0 Å². The molecule has 3 aromatic rings. The van der Waals surface area contributed by atoms with Gasteiger partial charge in [0, 0.05) is 33.1 Å². The molecule has 1 aliphatic rings. The van der Waals surface area contributed by atoms with Gasteiger partial charge in [0.05, 0.1) is 15.6 Å². The highest BCUT2D eigenvalue weighted by atomic mass is 79.9. The standard InChI is InChI=1S/C23H18Br2ClN3OS/c1-13-10-15(14(2)29(13)18-7-4-16(24)5-8-18)11-21-22(30)28(3)23(31-21)27-17-6-9-19(25)20(26)12-17/h4-12H,1-3H3/b21-11+,27-23?. The Labute approximate surface area is 207 Å². The first-order valence-electron chi connectivity index (χ1n) is 9.41. The van der Waals surface area contributed by atoms with Crippen molar-refractivity contribution in [1.29, 1.82) is 0 Å². The average Bonchev–Trinajstić information content (AvgIpc) is 3.16. The first-order chi connectivity index (χ1) is 14.7. The van der Waals surface area contributed by atoms with E-state index in [2.05, 4.69) is 73.5 Å². The van der Waals surface area contributed by atoms with Gasteiger partial charge in [-0.25, -0.2) is 4.99 Å². The van der Waals surface area contributed by atoms with Crippen LogP contribution in [0.2, 0.25) is 5.02 Å². The highest BCUT2D eigenvalue weighted by molar-refractivity contribution is 9.10. The third-order valence-corrected chi connectivity index (χ3v) is 7.79.